The first-order valence-corrected chi connectivity index (χ1v) is 14.3. The first-order chi connectivity index (χ1) is 20.1. The number of benzene rings is 1. The number of nitrogens with two attached hydrogens (primary N) is 1. The van der Waals surface area contributed by atoms with E-state index in [4.69, 9.17) is 10.2 Å². The highest BCUT2D eigenvalue weighted by molar-refractivity contribution is 6.32. The van der Waals surface area contributed by atoms with E-state index in [-0.39, 0.29) is 30.7 Å². The van der Waals surface area contributed by atoms with E-state index in [2.05, 4.69) is 5.32 Å². The minimum atomic E-state index is -2.75. The molecule has 1 heterocycles. The second kappa shape index (κ2) is 10.7. The SMILES string of the molecule is Cc1cc(CNCc2cc(N(C)C)c3c(c2O)C(=O)C2C(=O)[C@]4(O)C(=O)C(C(N)=O)C(=O)[C@@H](N(C)C)C4CC2C3)oc1C. The van der Waals surface area contributed by atoms with Crippen LogP contribution in [0, 0.1) is 37.5 Å². The Bertz CT molecular complexity index is 1540. The molecule has 0 radical (unpaired) electrons. The molecule has 5 N–H and O–H groups in total. The number of nitrogens with zero attached hydrogens (tertiary/aromatic N) is 2. The lowest BCUT2D eigenvalue weighted by Crippen LogP contribution is -2.74. The monoisotopic (exact) mass is 594 g/mol. The topological polar surface area (TPSA) is 183 Å². The Balaban J connectivity index is 1.55. The molecule has 2 aromatic rings. The number of aromatic hydroxyl groups is 1. The maximum Gasteiger partial charge on any atom is 0.235 e. The van der Waals surface area contributed by atoms with Gasteiger partial charge in [-0.25, -0.2) is 0 Å². The maximum absolute atomic E-state index is 14.1. The van der Waals surface area contributed by atoms with Crippen LogP contribution in [0.3, 0.4) is 0 Å². The molecule has 12 nitrogen and oxygen atoms in total. The molecule has 12 heteroatoms. The van der Waals surface area contributed by atoms with Gasteiger partial charge in [0.1, 0.15) is 17.3 Å². The van der Waals surface area contributed by atoms with E-state index in [1.54, 1.807) is 20.2 Å². The van der Waals surface area contributed by atoms with E-state index in [1.165, 1.54) is 4.90 Å². The fourth-order valence-electron chi connectivity index (χ4n) is 7.30. The van der Waals surface area contributed by atoms with Crippen molar-refractivity contribution in [3.63, 3.8) is 0 Å². The first kappa shape index (κ1) is 30.6. The predicted octanol–water partition coefficient (Wildman–Crippen LogP) is 0.433. The van der Waals surface area contributed by atoms with E-state index >= 15 is 0 Å². The Hall–Kier alpha value is -3.87. The third kappa shape index (κ3) is 4.59. The third-order valence-electron chi connectivity index (χ3n) is 9.43. The van der Waals surface area contributed by atoms with Gasteiger partial charge in [-0.1, -0.05) is 0 Å². The van der Waals surface area contributed by atoms with Crippen LogP contribution in [0.5, 0.6) is 5.75 Å². The summed E-state index contributed by atoms with van der Waals surface area (Å²) in [7, 11) is 6.73. The van der Waals surface area contributed by atoms with Gasteiger partial charge in [-0.2, -0.15) is 0 Å². The molecule has 0 saturated heterocycles. The number of anilines is 1. The zero-order valence-electron chi connectivity index (χ0n) is 25.2. The number of hydrogen-bond acceptors (Lipinski definition) is 11. The van der Waals surface area contributed by atoms with Gasteiger partial charge in [0.2, 0.25) is 5.91 Å². The molecule has 0 aliphatic heterocycles. The number of hydrogen-bond donors (Lipinski definition) is 4. The number of primary amides is 1. The summed E-state index contributed by atoms with van der Waals surface area (Å²) in [5, 5.41) is 26.4. The number of carbonyl (C=O) groups is 5. The predicted molar refractivity (Wildman–Crippen MR) is 154 cm³/mol. The van der Waals surface area contributed by atoms with Crippen molar-refractivity contribution < 1.29 is 38.6 Å². The Morgan fingerprint density at radius 1 is 1.09 bits per heavy atom. The molecular formula is C31H38N4O8. The van der Waals surface area contributed by atoms with Gasteiger partial charge in [-0.05, 0) is 70.0 Å². The summed E-state index contributed by atoms with van der Waals surface area (Å²) in [4.78, 5) is 70.4. The van der Waals surface area contributed by atoms with E-state index < -0.39 is 64.4 Å². The van der Waals surface area contributed by atoms with E-state index in [1.807, 2.05) is 38.9 Å². The van der Waals surface area contributed by atoms with Gasteiger partial charge >= 0.3 is 0 Å². The van der Waals surface area contributed by atoms with Gasteiger partial charge in [-0.3, -0.25) is 28.9 Å². The summed E-state index contributed by atoms with van der Waals surface area (Å²) < 4.78 is 5.71. The van der Waals surface area contributed by atoms with Crippen molar-refractivity contribution in [3.8, 4) is 5.75 Å². The largest absolute Gasteiger partial charge is 0.507 e. The number of fused-ring (bicyclic) bond motifs is 3. The van der Waals surface area contributed by atoms with Crippen molar-refractivity contribution in [3.05, 3.63) is 45.9 Å². The molecule has 0 bridgehead atoms. The number of aryl methyl sites for hydroxylation is 2. The molecule has 1 amide bonds. The third-order valence-corrected chi connectivity index (χ3v) is 9.43. The number of ketones is 4. The molecule has 1 aromatic carbocycles. The molecule has 1 aromatic heterocycles. The van der Waals surface area contributed by atoms with Crippen LogP contribution in [0.2, 0.25) is 0 Å². The Kier molecular flexibility index (Phi) is 7.60. The van der Waals surface area contributed by atoms with Gasteiger partial charge < -0.3 is 30.6 Å². The molecule has 43 heavy (non-hydrogen) atoms. The second-order valence-electron chi connectivity index (χ2n) is 12.5. The number of phenolic OH excluding ortho intramolecular Hbond substituents is 1. The van der Waals surface area contributed by atoms with Crippen molar-refractivity contribution in [1.29, 1.82) is 0 Å². The Labute approximate surface area is 249 Å². The zero-order chi connectivity index (χ0) is 31.7. The van der Waals surface area contributed by atoms with Crippen molar-refractivity contribution in [2.45, 2.75) is 51.4 Å². The van der Waals surface area contributed by atoms with Crippen LogP contribution < -0.4 is 16.0 Å². The average molecular weight is 595 g/mol. The van der Waals surface area contributed by atoms with Gasteiger partial charge in [0.05, 0.1) is 24.1 Å². The zero-order valence-corrected chi connectivity index (χ0v) is 25.2. The highest BCUT2D eigenvalue weighted by Gasteiger charge is 2.69. The number of amides is 1. The van der Waals surface area contributed by atoms with Crippen molar-refractivity contribution in [2.75, 3.05) is 33.1 Å². The van der Waals surface area contributed by atoms with Gasteiger partial charge in [-0.15, -0.1) is 0 Å². The smallest absolute Gasteiger partial charge is 0.235 e. The van der Waals surface area contributed by atoms with Crippen LogP contribution in [0.25, 0.3) is 0 Å². The fourth-order valence-corrected chi connectivity index (χ4v) is 7.30. The first-order valence-electron chi connectivity index (χ1n) is 14.3. The second-order valence-corrected chi connectivity index (χ2v) is 12.5. The summed E-state index contributed by atoms with van der Waals surface area (Å²) >= 11 is 0. The molecular weight excluding hydrogens is 556 g/mol. The van der Waals surface area contributed by atoms with Crippen LogP contribution in [0.15, 0.2) is 16.5 Å². The number of likely N-dealkylation sites (N-methyl/N-ethyl adjacent to an activating group) is 1. The van der Waals surface area contributed by atoms with Gasteiger partial charge in [0.25, 0.3) is 0 Å². The van der Waals surface area contributed by atoms with E-state index in [0.717, 1.165) is 17.1 Å². The molecule has 2 saturated carbocycles. The molecule has 2 fully saturated rings. The number of furan rings is 1. The van der Waals surface area contributed by atoms with Crippen LogP contribution in [0.1, 0.15) is 45.0 Å². The van der Waals surface area contributed by atoms with Gasteiger partial charge in [0, 0.05) is 37.8 Å². The lowest BCUT2D eigenvalue weighted by molar-refractivity contribution is -0.181. The number of Topliss-reactive ketones (excluding diaryl/α,β-unsaturated/α-hetero) is 4. The number of phenols is 1. The minimum Gasteiger partial charge on any atom is -0.507 e. The normalized spacial score (nSPS) is 28.5. The molecule has 3 aliphatic carbocycles. The number of aliphatic hydroxyl groups is 1. The quantitative estimate of drug-likeness (QED) is 0.326. The number of carbonyl (C=O) groups excluding carboxylic acids is 5. The van der Waals surface area contributed by atoms with Crippen LogP contribution in [-0.4, -0.2) is 84.0 Å². The van der Waals surface area contributed by atoms with Crippen molar-refractivity contribution in [2.24, 2.45) is 29.4 Å². The molecule has 6 atom stereocenters. The van der Waals surface area contributed by atoms with E-state index in [0.29, 0.717) is 23.4 Å². The lowest BCUT2D eigenvalue weighted by Gasteiger charge is -2.52. The van der Waals surface area contributed by atoms with E-state index in [9.17, 15) is 34.2 Å². The lowest BCUT2D eigenvalue weighted by atomic mass is 9.52. The minimum absolute atomic E-state index is 0.00279. The Morgan fingerprint density at radius 2 is 1.77 bits per heavy atom. The van der Waals surface area contributed by atoms with Gasteiger partial charge in [0.15, 0.2) is 34.7 Å². The average Bonchev–Trinajstić information content (AvgIpc) is 3.23. The van der Waals surface area contributed by atoms with Crippen LogP contribution >= 0.6 is 0 Å². The van der Waals surface area contributed by atoms with Crippen molar-refractivity contribution >= 4 is 34.7 Å². The summed E-state index contributed by atoms with van der Waals surface area (Å²) in [6, 6.07) is 2.57. The standard InChI is InChI=1S/C31H38N4O8/c1-13-7-17(43-14(13)2)12-33-11-16-10-20(34(3)4)18-8-15-9-19-24(35(5)6)27(38)23(30(32)41)29(40)31(19,42)28(39)21(15)26(37)22(18)25(16)36/h7,10,15,19,21,23-24,33,36,42H,8-9,11-12H2,1-6H3,(H2,32,41)/t15?,19?,21?,23?,24-,31-/m0/s1. The summed E-state index contributed by atoms with van der Waals surface area (Å²) in [6.45, 7) is 4.38. The van der Waals surface area contributed by atoms with Crippen molar-refractivity contribution in [1.82, 2.24) is 10.2 Å². The maximum atomic E-state index is 14.1. The summed E-state index contributed by atoms with van der Waals surface area (Å²) in [5.41, 5.74) is 5.29. The Morgan fingerprint density at radius 3 is 2.33 bits per heavy atom. The summed E-state index contributed by atoms with van der Waals surface area (Å²) in [6.07, 6.45) is 0.203. The number of rotatable bonds is 7. The molecule has 3 aliphatic rings. The molecule has 230 valence electrons. The molecule has 5 rings (SSSR count). The fraction of sp³-hybridized carbons (Fsp3) is 0.516. The highest BCUT2D eigenvalue weighted by atomic mass is 16.3. The highest BCUT2D eigenvalue weighted by Crippen LogP contribution is 2.52. The van der Waals surface area contributed by atoms with Crippen LogP contribution in [0.4, 0.5) is 5.69 Å². The number of nitrogens with one attached hydrogen (secondary N) is 1. The van der Waals surface area contributed by atoms with Crippen LogP contribution in [-0.2, 0) is 38.7 Å². The molecule has 4 unspecified atom stereocenters. The molecule has 0 spiro atoms. The summed E-state index contributed by atoms with van der Waals surface area (Å²) in [5.74, 6) is -9.08.